The van der Waals surface area contributed by atoms with E-state index in [2.05, 4.69) is 0 Å². The van der Waals surface area contributed by atoms with Crippen molar-refractivity contribution in [2.45, 2.75) is 25.0 Å². The molecule has 0 aromatic heterocycles. The van der Waals surface area contributed by atoms with Crippen LogP contribution < -0.4 is 0 Å². The van der Waals surface area contributed by atoms with Gasteiger partial charge >= 0.3 is 0 Å². The van der Waals surface area contributed by atoms with E-state index in [9.17, 15) is 10.1 Å². The maximum absolute atomic E-state index is 10.3. The lowest BCUT2D eigenvalue weighted by Gasteiger charge is -2.22. The molecule has 0 spiro atoms. The van der Waals surface area contributed by atoms with Gasteiger partial charge in [0.05, 0.1) is 19.3 Å². The van der Waals surface area contributed by atoms with Crippen LogP contribution in [0, 0.1) is 10.1 Å². The molecule has 2 atom stereocenters. The molecule has 11 heavy (non-hydrogen) atoms. The van der Waals surface area contributed by atoms with E-state index in [0.717, 1.165) is 0 Å². The van der Waals surface area contributed by atoms with Gasteiger partial charge in [0, 0.05) is 17.8 Å². The van der Waals surface area contributed by atoms with Crippen molar-refractivity contribution < 1.29 is 14.8 Å². The Hall–Kier alpha value is -0.680. The van der Waals surface area contributed by atoms with Gasteiger partial charge in [0.2, 0.25) is 6.04 Å². The van der Waals surface area contributed by atoms with Gasteiger partial charge in [-0.25, -0.2) is 0 Å². The van der Waals surface area contributed by atoms with Crippen molar-refractivity contribution in [3.8, 4) is 0 Å². The van der Waals surface area contributed by atoms with E-state index in [1.165, 1.54) is 0 Å². The molecule has 0 aromatic carbocycles. The lowest BCUT2D eigenvalue weighted by Crippen LogP contribution is -2.35. The van der Waals surface area contributed by atoms with Gasteiger partial charge in [0.25, 0.3) is 0 Å². The van der Waals surface area contributed by atoms with Crippen LogP contribution in [0.3, 0.4) is 0 Å². The SMILES string of the molecule is O=[N+]([O-])[C@@H]1CCO[C@H](CO)C1. The monoisotopic (exact) mass is 161 g/mol. The first-order chi connectivity index (χ1) is 5.24. The fourth-order valence-electron chi connectivity index (χ4n) is 1.18. The van der Waals surface area contributed by atoms with E-state index in [1.54, 1.807) is 0 Å². The van der Waals surface area contributed by atoms with Crippen LogP contribution in [0.1, 0.15) is 12.8 Å². The van der Waals surface area contributed by atoms with Crippen molar-refractivity contribution >= 4 is 0 Å². The van der Waals surface area contributed by atoms with Gasteiger partial charge in [0.1, 0.15) is 0 Å². The van der Waals surface area contributed by atoms with E-state index < -0.39 is 6.04 Å². The Kier molecular flexibility index (Phi) is 2.78. The summed E-state index contributed by atoms with van der Waals surface area (Å²) in [6, 6.07) is -0.527. The number of nitro groups is 1. The largest absolute Gasteiger partial charge is 0.394 e. The molecule has 1 aliphatic rings. The second kappa shape index (κ2) is 3.64. The summed E-state index contributed by atoms with van der Waals surface area (Å²) in [6.45, 7) is 0.265. The highest BCUT2D eigenvalue weighted by atomic mass is 16.6. The zero-order valence-electron chi connectivity index (χ0n) is 6.10. The van der Waals surface area contributed by atoms with Gasteiger partial charge in [-0.15, -0.1) is 0 Å². The predicted molar refractivity (Wildman–Crippen MR) is 36.8 cm³/mol. The summed E-state index contributed by atoms with van der Waals surface area (Å²) in [7, 11) is 0. The minimum Gasteiger partial charge on any atom is -0.394 e. The molecule has 0 aliphatic carbocycles. The predicted octanol–water partition coefficient (Wildman–Crippen LogP) is -0.197. The molecule has 5 nitrogen and oxygen atoms in total. The van der Waals surface area contributed by atoms with Gasteiger partial charge in [0.15, 0.2) is 0 Å². The zero-order chi connectivity index (χ0) is 8.27. The molecule has 0 unspecified atom stereocenters. The first-order valence-corrected chi connectivity index (χ1v) is 3.60. The van der Waals surface area contributed by atoms with Crippen molar-refractivity contribution in [2.24, 2.45) is 0 Å². The van der Waals surface area contributed by atoms with Crippen molar-refractivity contribution in [1.29, 1.82) is 0 Å². The molecule has 0 amide bonds. The Balaban J connectivity index is 2.39. The lowest BCUT2D eigenvalue weighted by molar-refractivity contribution is -0.531. The summed E-state index contributed by atoms with van der Waals surface area (Å²) in [5.74, 6) is 0. The summed E-state index contributed by atoms with van der Waals surface area (Å²) in [4.78, 5) is 9.98. The molecule has 1 saturated heterocycles. The number of rotatable bonds is 2. The summed E-state index contributed by atoms with van der Waals surface area (Å²) in [5.41, 5.74) is 0. The van der Waals surface area contributed by atoms with Crippen LogP contribution in [0.4, 0.5) is 0 Å². The Morgan fingerprint density at radius 3 is 3.00 bits per heavy atom. The molecule has 1 heterocycles. The van der Waals surface area contributed by atoms with Crippen molar-refractivity contribution in [1.82, 2.24) is 0 Å². The fourth-order valence-corrected chi connectivity index (χ4v) is 1.18. The van der Waals surface area contributed by atoms with Crippen LogP contribution in [0.5, 0.6) is 0 Å². The molecule has 5 heteroatoms. The topological polar surface area (TPSA) is 72.6 Å². The smallest absolute Gasteiger partial charge is 0.217 e. The van der Waals surface area contributed by atoms with E-state index in [0.29, 0.717) is 19.4 Å². The average molecular weight is 161 g/mol. The summed E-state index contributed by atoms with van der Waals surface area (Å²) >= 11 is 0. The third-order valence-electron chi connectivity index (χ3n) is 1.84. The van der Waals surface area contributed by atoms with Crippen molar-refractivity contribution in [3.63, 3.8) is 0 Å². The average Bonchev–Trinajstić information content (AvgIpc) is 2.05. The Labute approximate surface area is 64.1 Å². The molecule has 0 saturated carbocycles. The van der Waals surface area contributed by atoms with Crippen molar-refractivity contribution in [3.05, 3.63) is 10.1 Å². The number of hydrogen-bond donors (Lipinski definition) is 1. The van der Waals surface area contributed by atoms with Gasteiger partial charge in [-0.2, -0.15) is 0 Å². The molecule has 0 aromatic rings. The fraction of sp³-hybridized carbons (Fsp3) is 1.00. The van der Waals surface area contributed by atoms with Gasteiger partial charge in [-0.05, 0) is 0 Å². The second-order valence-electron chi connectivity index (χ2n) is 2.64. The molecule has 1 rings (SSSR count). The maximum atomic E-state index is 10.3. The molecule has 1 fully saturated rings. The standard InChI is InChI=1S/C6H11NO4/c8-4-6-3-5(7(9)10)1-2-11-6/h5-6,8H,1-4H2/t5-,6+/m1/s1. The van der Waals surface area contributed by atoms with E-state index >= 15 is 0 Å². The van der Waals surface area contributed by atoms with E-state index in [-0.39, 0.29) is 17.6 Å². The molecule has 0 radical (unpaired) electrons. The van der Waals surface area contributed by atoms with Crippen LogP contribution >= 0.6 is 0 Å². The minimum absolute atomic E-state index is 0.121. The summed E-state index contributed by atoms with van der Waals surface area (Å²) in [5, 5.41) is 18.9. The maximum Gasteiger partial charge on any atom is 0.217 e. The summed E-state index contributed by atoms with van der Waals surface area (Å²) in [6.07, 6.45) is 0.464. The van der Waals surface area contributed by atoms with Gasteiger partial charge in [-0.3, -0.25) is 10.1 Å². The first-order valence-electron chi connectivity index (χ1n) is 3.60. The van der Waals surface area contributed by atoms with Crippen LogP contribution in [0.2, 0.25) is 0 Å². The lowest BCUT2D eigenvalue weighted by atomic mass is 10.0. The van der Waals surface area contributed by atoms with E-state index in [1.807, 2.05) is 0 Å². The van der Waals surface area contributed by atoms with Crippen LogP contribution in [-0.2, 0) is 4.74 Å². The van der Waals surface area contributed by atoms with Gasteiger partial charge in [-0.1, -0.05) is 0 Å². The molecule has 1 aliphatic heterocycles. The summed E-state index contributed by atoms with van der Waals surface area (Å²) < 4.78 is 5.05. The number of hydrogen-bond acceptors (Lipinski definition) is 4. The number of nitrogens with zero attached hydrogens (tertiary/aromatic N) is 1. The highest BCUT2D eigenvalue weighted by Gasteiger charge is 2.29. The van der Waals surface area contributed by atoms with Crippen LogP contribution in [0.25, 0.3) is 0 Å². The molecular formula is C6H11NO4. The number of aliphatic hydroxyl groups is 1. The third kappa shape index (κ3) is 2.13. The molecule has 0 bridgehead atoms. The quantitative estimate of drug-likeness (QED) is 0.449. The molecular weight excluding hydrogens is 150 g/mol. The molecule has 64 valence electrons. The van der Waals surface area contributed by atoms with Crippen LogP contribution in [0.15, 0.2) is 0 Å². The van der Waals surface area contributed by atoms with Gasteiger partial charge < -0.3 is 9.84 Å². The Morgan fingerprint density at radius 1 is 1.73 bits per heavy atom. The third-order valence-corrected chi connectivity index (χ3v) is 1.84. The second-order valence-corrected chi connectivity index (χ2v) is 2.64. The van der Waals surface area contributed by atoms with E-state index in [4.69, 9.17) is 9.84 Å². The minimum atomic E-state index is -0.527. The number of aliphatic hydroxyl groups excluding tert-OH is 1. The number of ether oxygens (including phenoxy) is 1. The Bertz CT molecular complexity index is 150. The highest BCUT2D eigenvalue weighted by molar-refractivity contribution is 4.69. The zero-order valence-corrected chi connectivity index (χ0v) is 6.10. The molecule has 1 N–H and O–H groups in total. The Morgan fingerprint density at radius 2 is 2.45 bits per heavy atom. The normalized spacial score (nSPS) is 31.7. The first kappa shape index (κ1) is 8.42. The van der Waals surface area contributed by atoms with Crippen LogP contribution in [-0.4, -0.2) is 35.4 Å². The van der Waals surface area contributed by atoms with Crippen molar-refractivity contribution in [2.75, 3.05) is 13.2 Å². The highest BCUT2D eigenvalue weighted by Crippen LogP contribution is 2.15.